The minimum absolute atomic E-state index is 0. The summed E-state index contributed by atoms with van der Waals surface area (Å²) in [5, 5.41) is 12.8. The van der Waals surface area contributed by atoms with Crippen molar-refractivity contribution in [2.75, 3.05) is 37.6 Å². The van der Waals surface area contributed by atoms with Crippen LogP contribution >= 0.6 is 24.0 Å². The summed E-state index contributed by atoms with van der Waals surface area (Å²) in [6.07, 6.45) is 1.84. The summed E-state index contributed by atoms with van der Waals surface area (Å²) in [5.74, 6) is 2.26. The number of aliphatic imine (C=N–C) groups is 1. The number of phenolic OH excluding ortho intramolecular Hbond substituents is 1. The first-order valence-electron chi connectivity index (χ1n) is 8.73. The molecule has 1 aliphatic heterocycles. The van der Waals surface area contributed by atoms with Crippen molar-refractivity contribution >= 4 is 35.8 Å². The van der Waals surface area contributed by atoms with E-state index in [0.717, 1.165) is 50.1 Å². The van der Waals surface area contributed by atoms with Crippen molar-refractivity contribution in [3.63, 3.8) is 0 Å². The second-order valence-electron chi connectivity index (χ2n) is 6.00. The lowest BCUT2D eigenvalue weighted by molar-refractivity contribution is 0.371. The van der Waals surface area contributed by atoms with Gasteiger partial charge < -0.3 is 20.2 Å². The number of aromatic nitrogens is 1. The molecule has 1 aromatic carbocycles. The van der Waals surface area contributed by atoms with E-state index < -0.39 is 0 Å². The number of pyridine rings is 1. The van der Waals surface area contributed by atoms with Gasteiger partial charge in [-0.15, -0.1) is 24.0 Å². The van der Waals surface area contributed by atoms with Crippen molar-refractivity contribution in [3.8, 4) is 5.75 Å². The Labute approximate surface area is 172 Å². The van der Waals surface area contributed by atoms with E-state index in [1.54, 1.807) is 12.1 Å². The summed E-state index contributed by atoms with van der Waals surface area (Å²) in [6.45, 7) is 7.22. The van der Waals surface area contributed by atoms with Gasteiger partial charge in [-0.25, -0.2) is 9.98 Å². The number of aromatic hydroxyl groups is 1. The van der Waals surface area contributed by atoms with Crippen LogP contribution in [0.15, 0.2) is 53.7 Å². The fourth-order valence-corrected chi connectivity index (χ4v) is 2.88. The van der Waals surface area contributed by atoms with Crippen molar-refractivity contribution in [1.82, 2.24) is 15.2 Å². The Hall–Kier alpha value is -2.03. The highest BCUT2D eigenvalue weighted by atomic mass is 127. The third kappa shape index (κ3) is 5.48. The van der Waals surface area contributed by atoms with Gasteiger partial charge in [-0.05, 0) is 36.8 Å². The Morgan fingerprint density at radius 3 is 2.46 bits per heavy atom. The number of rotatable bonds is 4. The zero-order valence-electron chi connectivity index (χ0n) is 15.0. The van der Waals surface area contributed by atoms with E-state index in [0.29, 0.717) is 6.54 Å². The summed E-state index contributed by atoms with van der Waals surface area (Å²) in [7, 11) is 0. The van der Waals surface area contributed by atoms with Gasteiger partial charge in [0.2, 0.25) is 0 Å². The summed E-state index contributed by atoms with van der Waals surface area (Å²) in [5.41, 5.74) is 1.08. The Morgan fingerprint density at radius 1 is 1.12 bits per heavy atom. The number of piperazine rings is 1. The molecule has 0 unspecified atom stereocenters. The lowest BCUT2D eigenvalue weighted by atomic mass is 10.2. The van der Waals surface area contributed by atoms with Crippen LogP contribution in [0.2, 0.25) is 0 Å². The van der Waals surface area contributed by atoms with Gasteiger partial charge >= 0.3 is 0 Å². The molecule has 2 N–H and O–H groups in total. The van der Waals surface area contributed by atoms with Crippen LogP contribution in [0.1, 0.15) is 12.5 Å². The fraction of sp³-hybridized carbons (Fsp3) is 0.368. The predicted molar refractivity (Wildman–Crippen MR) is 116 cm³/mol. The number of nitrogens with zero attached hydrogens (tertiary/aromatic N) is 4. The summed E-state index contributed by atoms with van der Waals surface area (Å²) >= 11 is 0. The van der Waals surface area contributed by atoms with Crippen molar-refractivity contribution < 1.29 is 5.11 Å². The van der Waals surface area contributed by atoms with E-state index >= 15 is 0 Å². The Morgan fingerprint density at radius 2 is 1.85 bits per heavy atom. The zero-order chi connectivity index (χ0) is 17.5. The molecule has 1 aromatic heterocycles. The zero-order valence-corrected chi connectivity index (χ0v) is 17.3. The second-order valence-corrected chi connectivity index (χ2v) is 6.00. The Balaban J connectivity index is 0.00000243. The first-order valence-corrected chi connectivity index (χ1v) is 8.73. The minimum Gasteiger partial charge on any atom is -0.508 e. The predicted octanol–water partition coefficient (Wildman–Crippen LogP) is 2.69. The first-order chi connectivity index (χ1) is 12.3. The van der Waals surface area contributed by atoms with Crippen LogP contribution < -0.4 is 10.2 Å². The number of nitrogens with one attached hydrogen (secondary N) is 1. The van der Waals surface area contributed by atoms with E-state index in [2.05, 4.69) is 33.1 Å². The maximum atomic E-state index is 9.37. The normalized spacial score (nSPS) is 14.7. The molecule has 1 aliphatic rings. The highest BCUT2D eigenvalue weighted by Gasteiger charge is 2.20. The summed E-state index contributed by atoms with van der Waals surface area (Å²) < 4.78 is 0. The largest absolute Gasteiger partial charge is 0.508 e. The van der Waals surface area contributed by atoms with Crippen LogP contribution in [0, 0.1) is 0 Å². The Bertz CT molecular complexity index is 685. The Kier molecular flexibility index (Phi) is 7.96. The molecule has 0 saturated carbocycles. The summed E-state index contributed by atoms with van der Waals surface area (Å²) in [6, 6.07) is 13.2. The molecule has 7 heteroatoms. The monoisotopic (exact) mass is 467 g/mol. The van der Waals surface area contributed by atoms with E-state index in [1.807, 2.05) is 30.5 Å². The number of guanidine groups is 1. The highest BCUT2D eigenvalue weighted by molar-refractivity contribution is 14.0. The van der Waals surface area contributed by atoms with Crippen LogP contribution in [-0.2, 0) is 6.54 Å². The first kappa shape index (κ1) is 20.3. The van der Waals surface area contributed by atoms with Crippen LogP contribution in [0.5, 0.6) is 5.75 Å². The van der Waals surface area contributed by atoms with E-state index in [1.165, 1.54) is 0 Å². The molecule has 3 rings (SSSR count). The molecule has 0 atom stereocenters. The number of hydrogen-bond donors (Lipinski definition) is 2. The molecule has 0 radical (unpaired) electrons. The van der Waals surface area contributed by atoms with Crippen molar-refractivity contribution in [3.05, 3.63) is 54.2 Å². The lowest BCUT2D eigenvalue weighted by Crippen LogP contribution is -2.52. The third-order valence-corrected chi connectivity index (χ3v) is 4.24. The van der Waals surface area contributed by atoms with Gasteiger partial charge in [-0.2, -0.15) is 0 Å². The lowest BCUT2D eigenvalue weighted by Gasteiger charge is -2.37. The third-order valence-electron chi connectivity index (χ3n) is 4.24. The minimum atomic E-state index is 0. The molecule has 1 saturated heterocycles. The highest BCUT2D eigenvalue weighted by Crippen LogP contribution is 2.13. The molecule has 2 heterocycles. The molecular formula is C19H26IN5O. The van der Waals surface area contributed by atoms with E-state index in [9.17, 15) is 5.11 Å². The van der Waals surface area contributed by atoms with E-state index in [-0.39, 0.29) is 29.7 Å². The van der Waals surface area contributed by atoms with Gasteiger partial charge in [0.1, 0.15) is 11.6 Å². The van der Waals surface area contributed by atoms with Crippen LogP contribution in [0.4, 0.5) is 5.82 Å². The number of halogens is 1. The molecule has 26 heavy (non-hydrogen) atoms. The maximum Gasteiger partial charge on any atom is 0.194 e. The number of hydrogen-bond acceptors (Lipinski definition) is 4. The van der Waals surface area contributed by atoms with Crippen molar-refractivity contribution in [1.29, 1.82) is 0 Å². The molecule has 0 spiro atoms. The standard InChI is InChI=1S/C19H25N5O.HI/c1-2-20-19(22-15-16-6-8-17(25)9-7-16)24-13-11-23(12-14-24)18-5-3-4-10-21-18;/h3-10,25H,2,11-15H2,1H3,(H,20,22);1H. The van der Waals surface area contributed by atoms with Crippen molar-refractivity contribution in [2.24, 2.45) is 4.99 Å². The van der Waals surface area contributed by atoms with Crippen molar-refractivity contribution in [2.45, 2.75) is 13.5 Å². The molecular weight excluding hydrogens is 441 g/mol. The fourth-order valence-electron chi connectivity index (χ4n) is 2.88. The number of anilines is 1. The molecule has 0 bridgehead atoms. The maximum absolute atomic E-state index is 9.37. The topological polar surface area (TPSA) is 64.0 Å². The van der Waals surface area contributed by atoms with Gasteiger partial charge in [-0.3, -0.25) is 0 Å². The van der Waals surface area contributed by atoms with Gasteiger partial charge in [0, 0.05) is 38.9 Å². The van der Waals surface area contributed by atoms with Gasteiger partial charge in [0.05, 0.1) is 6.54 Å². The molecule has 6 nitrogen and oxygen atoms in total. The van der Waals surface area contributed by atoms with Crippen LogP contribution in [0.3, 0.4) is 0 Å². The van der Waals surface area contributed by atoms with Gasteiger partial charge in [-0.1, -0.05) is 18.2 Å². The molecule has 0 aliphatic carbocycles. The number of benzene rings is 1. The van der Waals surface area contributed by atoms with E-state index in [4.69, 9.17) is 4.99 Å². The molecule has 0 amide bonds. The van der Waals surface area contributed by atoms with Crippen LogP contribution in [-0.4, -0.2) is 53.7 Å². The van der Waals surface area contributed by atoms with Gasteiger partial charge in [0.15, 0.2) is 5.96 Å². The molecule has 140 valence electrons. The molecule has 1 fully saturated rings. The van der Waals surface area contributed by atoms with Crippen LogP contribution in [0.25, 0.3) is 0 Å². The second kappa shape index (κ2) is 10.2. The average Bonchev–Trinajstić information content (AvgIpc) is 2.67. The SMILES string of the molecule is CCNC(=NCc1ccc(O)cc1)N1CCN(c2ccccn2)CC1.I. The molecule has 2 aromatic rings. The number of phenols is 1. The quantitative estimate of drug-likeness (QED) is 0.412. The summed E-state index contributed by atoms with van der Waals surface area (Å²) in [4.78, 5) is 13.8. The smallest absolute Gasteiger partial charge is 0.194 e. The average molecular weight is 467 g/mol. The van der Waals surface area contributed by atoms with Gasteiger partial charge in [0.25, 0.3) is 0 Å².